The molecule has 2 rings (SSSR count). The number of aromatic nitrogens is 2. The van der Waals surface area contributed by atoms with E-state index in [1.165, 1.54) is 15.4 Å². The van der Waals surface area contributed by atoms with Gasteiger partial charge in [0.1, 0.15) is 0 Å². The third-order valence-electron chi connectivity index (χ3n) is 3.09. The Hall–Kier alpha value is -1.26. The molecule has 0 saturated carbocycles. The highest BCUT2D eigenvalue weighted by Crippen LogP contribution is 2.22. The van der Waals surface area contributed by atoms with Gasteiger partial charge in [-0.3, -0.25) is 4.98 Å². The molecule has 4 heteroatoms. The predicted molar refractivity (Wildman–Crippen MR) is 76.1 cm³/mol. The van der Waals surface area contributed by atoms with Gasteiger partial charge in [-0.05, 0) is 45.5 Å². The van der Waals surface area contributed by atoms with Crippen LogP contribution in [0.1, 0.15) is 32.9 Å². The highest BCUT2D eigenvalue weighted by Gasteiger charge is 2.14. The van der Waals surface area contributed by atoms with Crippen LogP contribution in [0.15, 0.2) is 18.3 Å². The maximum Gasteiger partial charge on any atom is 0.0950 e. The summed E-state index contributed by atoms with van der Waals surface area (Å²) in [5.74, 6) is 0. The number of thiazole rings is 1. The van der Waals surface area contributed by atoms with E-state index in [9.17, 15) is 0 Å². The molecule has 0 fully saturated rings. The monoisotopic (exact) mass is 261 g/mol. The first-order valence-electron chi connectivity index (χ1n) is 6.13. The summed E-state index contributed by atoms with van der Waals surface area (Å²) in [6, 6.07) is 4.39. The van der Waals surface area contributed by atoms with E-state index in [0.29, 0.717) is 0 Å². The third kappa shape index (κ3) is 2.94. The van der Waals surface area contributed by atoms with Gasteiger partial charge in [-0.15, -0.1) is 11.3 Å². The first-order valence-corrected chi connectivity index (χ1v) is 6.94. The number of pyridine rings is 1. The standard InChI is InChI=1S/C14H19N3S/c1-9-5-6-16-13(7-9)12(15-4)8-14-17-10(2)11(3)18-14/h5-7,12,15H,8H2,1-4H3. The molecule has 0 aromatic carbocycles. The van der Waals surface area contributed by atoms with Crippen molar-refractivity contribution >= 4 is 11.3 Å². The minimum atomic E-state index is 0.231. The number of hydrogen-bond acceptors (Lipinski definition) is 4. The summed E-state index contributed by atoms with van der Waals surface area (Å²) in [6.45, 7) is 6.28. The zero-order valence-electron chi connectivity index (χ0n) is 11.3. The fourth-order valence-electron chi connectivity index (χ4n) is 1.91. The molecule has 0 bridgehead atoms. The molecule has 3 nitrogen and oxygen atoms in total. The molecular formula is C14H19N3S. The molecule has 0 radical (unpaired) electrons. The average molecular weight is 261 g/mol. The Labute approximate surface area is 112 Å². The summed E-state index contributed by atoms with van der Waals surface area (Å²) >= 11 is 1.78. The van der Waals surface area contributed by atoms with Gasteiger partial charge in [-0.1, -0.05) is 0 Å². The molecule has 18 heavy (non-hydrogen) atoms. The summed E-state index contributed by atoms with van der Waals surface area (Å²) in [6.07, 6.45) is 2.76. The van der Waals surface area contributed by atoms with Crippen molar-refractivity contribution in [1.82, 2.24) is 15.3 Å². The molecule has 2 aromatic heterocycles. The zero-order chi connectivity index (χ0) is 13.1. The fraction of sp³-hybridized carbons (Fsp3) is 0.429. The van der Waals surface area contributed by atoms with Crippen LogP contribution in [0.2, 0.25) is 0 Å². The molecule has 2 heterocycles. The molecule has 0 aliphatic heterocycles. The Balaban J connectivity index is 2.19. The van der Waals surface area contributed by atoms with Crippen molar-refractivity contribution < 1.29 is 0 Å². The second kappa shape index (κ2) is 5.59. The van der Waals surface area contributed by atoms with Crippen molar-refractivity contribution in [2.75, 3.05) is 7.05 Å². The summed E-state index contributed by atoms with van der Waals surface area (Å²) in [5.41, 5.74) is 3.47. The average Bonchev–Trinajstić information content (AvgIpc) is 2.65. The molecule has 0 spiro atoms. The fourth-order valence-corrected chi connectivity index (χ4v) is 2.89. The van der Waals surface area contributed by atoms with Gasteiger partial charge in [0.25, 0.3) is 0 Å². The van der Waals surface area contributed by atoms with Gasteiger partial charge in [-0.25, -0.2) is 4.98 Å². The van der Waals surface area contributed by atoms with Crippen LogP contribution in [0.5, 0.6) is 0 Å². The van der Waals surface area contributed by atoms with Crippen molar-refractivity contribution in [3.05, 3.63) is 45.2 Å². The number of aryl methyl sites for hydroxylation is 3. The Kier molecular flexibility index (Phi) is 4.09. The van der Waals surface area contributed by atoms with Crippen LogP contribution in [-0.4, -0.2) is 17.0 Å². The van der Waals surface area contributed by atoms with Crippen LogP contribution in [0.3, 0.4) is 0 Å². The van der Waals surface area contributed by atoms with Crippen molar-refractivity contribution in [2.24, 2.45) is 0 Å². The highest BCUT2D eigenvalue weighted by atomic mass is 32.1. The minimum absolute atomic E-state index is 0.231. The van der Waals surface area contributed by atoms with Crippen LogP contribution < -0.4 is 5.32 Å². The lowest BCUT2D eigenvalue weighted by atomic mass is 10.1. The second-order valence-corrected chi connectivity index (χ2v) is 5.84. The molecular weight excluding hydrogens is 242 g/mol. The summed E-state index contributed by atoms with van der Waals surface area (Å²) < 4.78 is 0. The predicted octanol–water partition coefficient (Wildman–Crippen LogP) is 2.97. The van der Waals surface area contributed by atoms with E-state index in [2.05, 4.69) is 42.1 Å². The molecule has 96 valence electrons. The molecule has 0 amide bonds. The Morgan fingerprint density at radius 3 is 2.67 bits per heavy atom. The molecule has 0 saturated heterocycles. The topological polar surface area (TPSA) is 37.8 Å². The second-order valence-electron chi connectivity index (χ2n) is 4.55. The van der Waals surface area contributed by atoms with Crippen molar-refractivity contribution in [3.63, 3.8) is 0 Å². The van der Waals surface area contributed by atoms with Crippen molar-refractivity contribution in [2.45, 2.75) is 33.2 Å². The maximum atomic E-state index is 4.60. The number of hydrogen-bond donors (Lipinski definition) is 1. The molecule has 2 aromatic rings. The zero-order valence-corrected chi connectivity index (χ0v) is 12.1. The van der Waals surface area contributed by atoms with Crippen molar-refractivity contribution in [3.8, 4) is 0 Å². The maximum absolute atomic E-state index is 4.60. The Morgan fingerprint density at radius 1 is 1.33 bits per heavy atom. The van der Waals surface area contributed by atoms with Gasteiger partial charge in [0.05, 0.1) is 22.4 Å². The normalized spacial score (nSPS) is 12.7. The van der Waals surface area contributed by atoms with E-state index in [-0.39, 0.29) is 6.04 Å². The van der Waals surface area contributed by atoms with Gasteiger partial charge in [0, 0.05) is 17.5 Å². The Bertz CT molecular complexity index is 514. The van der Waals surface area contributed by atoms with Crippen LogP contribution in [0, 0.1) is 20.8 Å². The first-order chi connectivity index (χ1) is 8.60. The molecule has 1 N–H and O–H groups in total. The van der Waals surface area contributed by atoms with E-state index in [1.807, 2.05) is 19.3 Å². The molecule has 0 aliphatic rings. The van der Waals surface area contributed by atoms with Crippen LogP contribution in [0.4, 0.5) is 0 Å². The molecule has 1 atom stereocenters. The number of nitrogens with zero attached hydrogens (tertiary/aromatic N) is 2. The van der Waals surface area contributed by atoms with Crippen LogP contribution in [-0.2, 0) is 6.42 Å². The number of nitrogens with one attached hydrogen (secondary N) is 1. The van der Waals surface area contributed by atoms with E-state index in [0.717, 1.165) is 17.8 Å². The molecule has 0 aliphatic carbocycles. The lowest BCUT2D eigenvalue weighted by Gasteiger charge is -2.14. The quantitative estimate of drug-likeness (QED) is 0.919. The van der Waals surface area contributed by atoms with Crippen LogP contribution >= 0.6 is 11.3 Å². The van der Waals surface area contributed by atoms with Crippen molar-refractivity contribution in [1.29, 1.82) is 0 Å². The number of likely N-dealkylation sites (N-methyl/N-ethyl adjacent to an activating group) is 1. The smallest absolute Gasteiger partial charge is 0.0950 e. The van der Waals surface area contributed by atoms with Gasteiger partial charge in [0.2, 0.25) is 0 Å². The molecule has 1 unspecified atom stereocenters. The minimum Gasteiger partial charge on any atom is -0.311 e. The van der Waals surface area contributed by atoms with E-state index in [1.54, 1.807) is 11.3 Å². The summed E-state index contributed by atoms with van der Waals surface area (Å²) in [5, 5.41) is 4.50. The van der Waals surface area contributed by atoms with Gasteiger partial charge < -0.3 is 5.32 Å². The lowest BCUT2D eigenvalue weighted by molar-refractivity contribution is 0.573. The first kappa shape index (κ1) is 13.2. The largest absolute Gasteiger partial charge is 0.311 e. The van der Waals surface area contributed by atoms with E-state index >= 15 is 0 Å². The van der Waals surface area contributed by atoms with Gasteiger partial charge >= 0.3 is 0 Å². The van der Waals surface area contributed by atoms with Crippen LogP contribution in [0.25, 0.3) is 0 Å². The third-order valence-corrected chi connectivity index (χ3v) is 4.19. The van der Waals surface area contributed by atoms with Gasteiger partial charge in [0.15, 0.2) is 0 Å². The number of rotatable bonds is 4. The highest BCUT2D eigenvalue weighted by molar-refractivity contribution is 7.11. The summed E-state index contributed by atoms with van der Waals surface area (Å²) in [4.78, 5) is 10.3. The van der Waals surface area contributed by atoms with Gasteiger partial charge in [-0.2, -0.15) is 0 Å². The van der Waals surface area contributed by atoms with E-state index < -0.39 is 0 Å². The van der Waals surface area contributed by atoms with E-state index in [4.69, 9.17) is 0 Å². The lowest BCUT2D eigenvalue weighted by Crippen LogP contribution is -2.20. The summed E-state index contributed by atoms with van der Waals surface area (Å²) in [7, 11) is 1.97. The SMILES string of the molecule is CNC(Cc1nc(C)c(C)s1)c1cc(C)ccn1. The Morgan fingerprint density at radius 2 is 2.11 bits per heavy atom.